The molecule has 3 rings (SSSR count). The molecule has 9 heteroatoms. The number of carbonyl (C=O) groups is 1. The predicted molar refractivity (Wildman–Crippen MR) is 87.1 cm³/mol. The van der Waals surface area contributed by atoms with Crippen LogP contribution < -0.4 is 4.74 Å². The molecule has 2 aromatic carbocycles. The Kier molecular flexibility index (Phi) is 5.03. The molecule has 3 aromatic rings. The maximum Gasteiger partial charge on any atom is 0.214 e. The highest BCUT2D eigenvalue weighted by Crippen LogP contribution is 2.26. The average molecular weight is 362 g/mol. The van der Waals surface area contributed by atoms with Gasteiger partial charge in [-0.3, -0.25) is 4.79 Å². The van der Waals surface area contributed by atoms with Gasteiger partial charge < -0.3 is 4.74 Å². The lowest BCUT2D eigenvalue weighted by Gasteiger charge is -2.08. The molecule has 128 valence electrons. The highest BCUT2D eigenvalue weighted by Gasteiger charge is 2.16. The second kappa shape index (κ2) is 7.39. The van der Waals surface area contributed by atoms with Crippen LogP contribution in [0.4, 0.5) is 8.78 Å². The molecule has 1 aromatic heterocycles. The van der Waals surface area contributed by atoms with E-state index in [-0.39, 0.29) is 17.1 Å². The normalized spacial score (nSPS) is 10.7. The number of thioether (sulfide) groups is 1. The first-order valence-electron chi connectivity index (χ1n) is 7.13. The Balaban J connectivity index is 1.77. The van der Waals surface area contributed by atoms with Crippen molar-refractivity contribution in [2.24, 2.45) is 0 Å². The third-order valence-electron chi connectivity index (χ3n) is 3.33. The van der Waals surface area contributed by atoms with Gasteiger partial charge in [0.15, 0.2) is 17.4 Å². The molecule has 0 spiro atoms. The van der Waals surface area contributed by atoms with E-state index >= 15 is 0 Å². The maximum absolute atomic E-state index is 13.2. The SMILES string of the molecule is COc1ccccc1-n1nnnc1SCC(=O)c1ccc(F)c(F)c1. The van der Waals surface area contributed by atoms with Gasteiger partial charge in [0.1, 0.15) is 11.4 Å². The summed E-state index contributed by atoms with van der Waals surface area (Å²) in [6.45, 7) is 0. The molecule has 0 aliphatic carbocycles. The Morgan fingerprint density at radius 2 is 2.00 bits per heavy atom. The summed E-state index contributed by atoms with van der Waals surface area (Å²) in [7, 11) is 1.53. The van der Waals surface area contributed by atoms with Crippen molar-refractivity contribution in [3.05, 3.63) is 59.7 Å². The second-order valence-corrected chi connectivity index (χ2v) is 5.83. The molecule has 0 fully saturated rings. The molecule has 6 nitrogen and oxygen atoms in total. The van der Waals surface area contributed by atoms with Gasteiger partial charge in [-0.2, -0.15) is 4.68 Å². The van der Waals surface area contributed by atoms with Gasteiger partial charge in [0.2, 0.25) is 5.16 Å². The molecular formula is C16H12F2N4O2S. The number of Topliss-reactive ketones (excluding diaryl/α,β-unsaturated/α-hetero) is 1. The molecular weight excluding hydrogens is 350 g/mol. The van der Waals surface area contributed by atoms with Gasteiger partial charge in [-0.15, -0.1) is 5.10 Å². The summed E-state index contributed by atoms with van der Waals surface area (Å²) in [6.07, 6.45) is 0. The highest BCUT2D eigenvalue weighted by atomic mass is 32.2. The number of rotatable bonds is 6. The van der Waals surface area contributed by atoms with Crippen molar-refractivity contribution >= 4 is 17.5 Å². The van der Waals surface area contributed by atoms with Gasteiger partial charge in [0, 0.05) is 5.56 Å². The molecule has 0 aliphatic rings. The standard InChI is InChI=1S/C16H12F2N4O2S/c1-24-15-5-3-2-4-13(15)22-16(19-20-21-22)25-9-14(23)10-6-7-11(17)12(18)8-10/h2-8H,9H2,1H3. The van der Waals surface area contributed by atoms with Crippen LogP contribution in [0.2, 0.25) is 0 Å². The topological polar surface area (TPSA) is 69.9 Å². The molecule has 25 heavy (non-hydrogen) atoms. The number of benzene rings is 2. The van der Waals surface area contributed by atoms with Crippen LogP contribution in [-0.4, -0.2) is 38.9 Å². The smallest absolute Gasteiger partial charge is 0.214 e. The molecule has 0 unspecified atom stereocenters. The zero-order valence-electron chi connectivity index (χ0n) is 13.0. The van der Waals surface area contributed by atoms with E-state index in [2.05, 4.69) is 15.5 Å². The van der Waals surface area contributed by atoms with Crippen molar-refractivity contribution in [3.63, 3.8) is 0 Å². The van der Waals surface area contributed by atoms with Crippen molar-refractivity contribution in [2.75, 3.05) is 12.9 Å². The van der Waals surface area contributed by atoms with Crippen LogP contribution in [0.25, 0.3) is 5.69 Å². The van der Waals surface area contributed by atoms with Crippen LogP contribution in [0.5, 0.6) is 5.75 Å². The lowest BCUT2D eigenvalue weighted by molar-refractivity contribution is 0.102. The number of nitrogens with zero attached hydrogens (tertiary/aromatic N) is 4. The molecule has 0 N–H and O–H groups in total. The minimum Gasteiger partial charge on any atom is -0.494 e. The van der Waals surface area contributed by atoms with E-state index in [1.54, 1.807) is 18.2 Å². The number of methoxy groups -OCH3 is 1. The summed E-state index contributed by atoms with van der Waals surface area (Å²) >= 11 is 1.09. The zero-order valence-corrected chi connectivity index (χ0v) is 13.8. The van der Waals surface area contributed by atoms with Crippen molar-refractivity contribution in [3.8, 4) is 11.4 Å². The van der Waals surface area contributed by atoms with Crippen LogP contribution in [0.15, 0.2) is 47.6 Å². The lowest BCUT2D eigenvalue weighted by atomic mass is 10.1. The van der Waals surface area contributed by atoms with E-state index in [0.717, 1.165) is 23.9 Å². The minimum atomic E-state index is -1.06. The first-order chi connectivity index (χ1) is 12.1. The lowest BCUT2D eigenvalue weighted by Crippen LogP contribution is -2.06. The molecule has 0 atom stereocenters. The molecule has 0 saturated heterocycles. The monoisotopic (exact) mass is 362 g/mol. The van der Waals surface area contributed by atoms with E-state index in [9.17, 15) is 13.6 Å². The van der Waals surface area contributed by atoms with Crippen molar-refractivity contribution < 1.29 is 18.3 Å². The van der Waals surface area contributed by atoms with E-state index in [1.807, 2.05) is 6.07 Å². The first-order valence-corrected chi connectivity index (χ1v) is 8.11. The number of tetrazole rings is 1. The summed E-state index contributed by atoms with van der Waals surface area (Å²) in [5.74, 6) is -1.87. The number of halogens is 2. The molecule has 0 amide bonds. The van der Waals surface area contributed by atoms with Gasteiger partial charge in [-0.05, 0) is 40.8 Å². The van der Waals surface area contributed by atoms with E-state index < -0.39 is 11.6 Å². The number of carbonyl (C=O) groups excluding carboxylic acids is 1. The van der Waals surface area contributed by atoms with E-state index in [4.69, 9.17) is 4.74 Å². The summed E-state index contributed by atoms with van der Waals surface area (Å²) < 4.78 is 32.9. The number of aromatic nitrogens is 4. The van der Waals surface area contributed by atoms with Gasteiger partial charge >= 0.3 is 0 Å². The van der Waals surface area contributed by atoms with Crippen LogP contribution in [-0.2, 0) is 0 Å². The summed E-state index contributed by atoms with van der Waals surface area (Å²) in [6, 6.07) is 10.2. The fourth-order valence-corrected chi connectivity index (χ4v) is 2.89. The van der Waals surface area contributed by atoms with Gasteiger partial charge in [0.05, 0.1) is 12.9 Å². The molecule has 1 heterocycles. The first kappa shape index (κ1) is 17.0. The van der Waals surface area contributed by atoms with Crippen LogP contribution in [0.1, 0.15) is 10.4 Å². The number of hydrogen-bond donors (Lipinski definition) is 0. The highest BCUT2D eigenvalue weighted by molar-refractivity contribution is 7.99. The zero-order chi connectivity index (χ0) is 17.8. The van der Waals surface area contributed by atoms with Gasteiger partial charge in [-0.25, -0.2) is 8.78 Å². The Labute approximate surface area is 145 Å². The van der Waals surface area contributed by atoms with Crippen molar-refractivity contribution in [1.82, 2.24) is 20.2 Å². The van der Waals surface area contributed by atoms with Crippen LogP contribution in [0.3, 0.4) is 0 Å². The summed E-state index contributed by atoms with van der Waals surface area (Å²) in [5.41, 5.74) is 0.709. The maximum atomic E-state index is 13.2. The minimum absolute atomic E-state index is 0.0272. The van der Waals surface area contributed by atoms with Crippen molar-refractivity contribution in [1.29, 1.82) is 0 Å². The Bertz CT molecular complexity index is 917. The Morgan fingerprint density at radius 1 is 1.20 bits per heavy atom. The Hall–Kier alpha value is -2.81. The number of para-hydroxylation sites is 2. The Morgan fingerprint density at radius 3 is 2.76 bits per heavy atom. The summed E-state index contributed by atoms with van der Waals surface area (Å²) in [4.78, 5) is 12.2. The molecule has 0 aliphatic heterocycles. The fraction of sp³-hybridized carbons (Fsp3) is 0.125. The number of hydrogen-bond acceptors (Lipinski definition) is 6. The number of ether oxygens (including phenoxy) is 1. The largest absolute Gasteiger partial charge is 0.494 e. The van der Waals surface area contributed by atoms with Gasteiger partial charge in [-0.1, -0.05) is 23.9 Å². The molecule has 0 radical (unpaired) electrons. The summed E-state index contributed by atoms with van der Waals surface area (Å²) in [5, 5.41) is 11.8. The third-order valence-corrected chi connectivity index (χ3v) is 4.25. The van der Waals surface area contributed by atoms with E-state index in [1.165, 1.54) is 17.9 Å². The third kappa shape index (κ3) is 3.66. The quantitative estimate of drug-likeness (QED) is 0.496. The molecule has 0 bridgehead atoms. The van der Waals surface area contributed by atoms with Crippen LogP contribution in [0, 0.1) is 11.6 Å². The van der Waals surface area contributed by atoms with Crippen LogP contribution >= 0.6 is 11.8 Å². The predicted octanol–water partition coefficient (Wildman–Crippen LogP) is 2.92. The fourth-order valence-electron chi connectivity index (χ4n) is 2.11. The average Bonchev–Trinajstić information content (AvgIpc) is 3.10. The number of ketones is 1. The molecule has 0 saturated carbocycles. The van der Waals surface area contributed by atoms with E-state index in [0.29, 0.717) is 16.6 Å². The second-order valence-electron chi connectivity index (χ2n) is 4.89. The van der Waals surface area contributed by atoms with Gasteiger partial charge in [0.25, 0.3) is 0 Å². The van der Waals surface area contributed by atoms with Crippen molar-refractivity contribution in [2.45, 2.75) is 5.16 Å².